The maximum absolute atomic E-state index is 12.7. The summed E-state index contributed by atoms with van der Waals surface area (Å²) in [6.07, 6.45) is 0.965. The van der Waals surface area contributed by atoms with Crippen LogP contribution >= 0.6 is 0 Å². The summed E-state index contributed by atoms with van der Waals surface area (Å²) >= 11 is 0. The molecule has 6 heteroatoms. The highest BCUT2D eigenvalue weighted by atomic mass is 32.2. The lowest BCUT2D eigenvalue weighted by Crippen LogP contribution is -2.27. The molecule has 0 aromatic heterocycles. The van der Waals surface area contributed by atoms with Crippen molar-refractivity contribution in [2.45, 2.75) is 45.1 Å². The fourth-order valence-electron chi connectivity index (χ4n) is 2.75. The van der Waals surface area contributed by atoms with E-state index in [-0.39, 0.29) is 16.8 Å². The number of rotatable bonds is 6. The van der Waals surface area contributed by atoms with Gasteiger partial charge in [0.25, 0.3) is 5.91 Å². The molecule has 1 atom stereocenters. The summed E-state index contributed by atoms with van der Waals surface area (Å²) in [5.74, 6) is -0.298. The molecule has 1 unspecified atom stereocenters. The molecule has 0 radical (unpaired) electrons. The molecule has 1 amide bonds. The van der Waals surface area contributed by atoms with Crippen LogP contribution in [0.2, 0.25) is 0 Å². The molecule has 140 valence electrons. The molecular formula is C20H26N2O3S. The molecule has 2 rings (SSSR count). The molecule has 2 aromatic carbocycles. The van der Waals surface area contributed by atoms with Crippen LogP contribution in [0.3, 0.4) is 0 Å². The monoisotopic (exact) mass is 374 g/mol. The third kappa shape index (κ3) is 4.31. The molecule has 0 aliphatic carbocycles. The van der Waals surface area contributed by atoms with Gasteiger partial charge in [0.05, 0.1) is 10.9 Å². The van der Waals surface area contributed by atoms with E-state index >= 15 is 0 Å². The van der Waals surface area contributed by atoms with Gasteiger partial charge in [-0.3, -0.25) is 4.79 Å². The zero-order chi connectivity index (χ0) is 19.5. The number of carbonyl (C=O) groups is 1. The normalized spacial score (nSPS) is 12.7. The highest BCUT2D eigenvalue weighted by molar-refractivity contribution is 7.89. The van der Waals surface area contributed by atoms with Crippen molar-refractivity contribution in [2.24, 2.45) is 0 Å². The Morgan fingerprint density at radius 2 is 1.73 bits per heavy atom. The molecule has 0 heterocycles. The van der Waals surface area contributed by atoms with Gasteiger partial charge in [0, 0.05) is 5.56 Å². The largest absolute Gasteiger partial charge is 0.346 e. The molecule has 26 heavy (non-hydrogen) atoms. The Hall–Kier alpha value is -2.18. The fourth-order valence-corrected chi connectivity index (χ4v) is 3.82. The van der Waals surface area contributed by atoms with Gasteiger partial charge in [0.1, 0.15) is 0 Å². The van der Waals surface area contributed by atoms with E-state index in [4.69, 9.17) is 0 Å². The Labute approximate surface area is 155 Å². The minimum atomic E-state index is -3.63. The fraction of sp³-hybridized carbons (Fsp3) is 0.350. The standard InChI is InChI=1S/C20H26N2O3S/c1-6-16-7-9-17(10-8-16)15(4)22-20(23)18-11-13(2)14(3)19(12-18)26(24,25)21-5/h7-12,15,21H,6H2,1-5H3,(H,22,23). The number of carbonyl (C=O) groups excluding carboxylic acids is 1. The van der Waals surface area contributed by atoms with Crippen molar-refractivity contribution in [3.63, 3.8) is 0 Å². The molecular weight excluding hydrogens is 348 g/mol. The van der Waals surface area contributed by atoms with E-state index in [2.05, 4.69) is 17.0 Å². The van der Waals surface area contributed by atoms with Crippen LogP contribution in [0.25, 0.3) is 0 Å². The van der Waals surface area contributed by atoms with E-state index in [1.165, 1.54) is 18.7 Å². The predicted octanol–water partition coefficient (Wildman–Crippen LogP) is 3.26. The van der Waals surface area contributed by atoms with Gasteiger partial charge in [-0.05, 0) is 68.6 Å². The molecule has 0 saturated heterocycles. The zero-order valence-corrected chi connectivity index (χ0v) is 16.7. The van der Waals surface area contributed by atoms with Crippen molar-refractivity contribution in [3.05, 3.63) is 64.2 Å². The second-order valence-electron chi connectivity index (χ2n) is 6.41. The van der Waals surface area contributed by atoms with E-state index in [0.29, 0.717) is 11.1 Å². The molecule has 0 aliphatic heterocycles. The minimum absolute atomic E-state index is 0.130. The van der Waals surface area contributed by atoms with E-state index in [9.17, 15) is 13.2 Å². The van der Waals surface area contributed by atoms with Crippen molar-refractivity contribution in [1.82, 2.24) is 10.0 Å². The first-order valence-electron chi connectivity index (χ1n) is 8.64. The van der Waals surface area contributed by atoms with Crippen LogP contribution in [0.4, 0.5) is 0 Å². The van der Waals surface area contributed by atoms with E-state index < -0.39 is 10.0 Å². The van der Waals surface area contributed by atoms with Crippen molar-refractivity contribution < 1.29 is 13.2 Å². The van der Waals surface area contributed by atoms with Gasteiger partial charge in [-0.15, -0.1) is 0 Å². The lowest BCUT2D eigenvalue weighted by molar-refractivity contribution is 0.0939. The van der Waals surface area contributed by atoms with Crippen molar-refractivity contribution in [2.75, 3.05) is 7.05 Å². The van der Waals surface area contributed by atoms with Crippen molar-refractivity contribution >= 4 is 15.9 Å². The lowest BCUT2D eigenvalue weighted by atomic mass is 10.0. The van der Waals surface area contributed by atoms with Crippen molar-refractivity contribution in [1.29, 1.82) is 0 Å². The van der Waals surface area contributed by atoms with Crippen LogP contribution in [0.15, 0.2) is 41.3 Å². The summed E-state index contributed by atoms with van der Waals surface area (Å²) in [6.45, 7) is 7.54. The maximum atomic E-state index is 12.7. The average Bonchev–Trinajstić information content (AvgIpc) is 2.63. The quantitative estimate of drug-likeness (QED) is 0.815. The smallest absolute Gasteiger partial charge is 0.251 e. The first-order valence-corrected chi connectivity index (χ1v) is 10.1. The van der Waals surface area contributed by atoms with Gasteiger partial charge in [-0.2, -0.15) is 0 Å². The number of amides is 1. The van der Waals surface area contributed by atoms with Gasteiger partial charge in [-0.25, -0.2) is 13.1 Å². The lowest BCUT2D eigenvalue weighted by Gasteiger charge is -2.17. The summed E-state index contributed by atoms with van der Waals surface area (Å²) < 4.78 is 26.7. The van der Waals surface area contributed by atoms with E-state index in [1.54, 1.807) is 19.9 Å². The van der Waals surface area contributed by atoms with Gasteiger partial charge in [-0.1, -0.05) is 31.2 Å². The number of nitrogens with one attached hydrogen (secondary N) is 2. The SMILES string of the molecule is CCc1ccc(C(C)NC(=O)c2cc(C)c(C)c(S(=O)(=O)NC)c2)cc1. The Kier molecular flexibility index (Phi) is 6.21. The topological polar surface area (TPSA) is 75.3 Å². The molecule has 0 spiro atoms. The molecule has 2 aromatic rings. The Bertz CT molecular complexity index is 903. The second kappa shape index (κ2) is 8.01. The van der Waals surface area contributed by atoms with Crippen molar-refractivity contribution in [3.8, 4) is 0 Å². The number of sulfonamides is 1. The third-order valence-electron chi connectivity index (χ3n) is 4.68. The number of hydrogen-bond donors (Lipinski definition) is 2. The summed E-state index contributed by atoms with van der Waals surface area (Å²) in [5.41, 5.74) is 3.97. The van der Waals surface area contributed by atoms with Crippen LogP contribution in [0.1, 0.15) is 52.5 Å². The highest BCUT2D eigenvalue weighted by Crippen LogP contribution is 2.22. The Balaban J connectivity index is 2.29. The molecule has 0 saturated carbocycles. The summed E-state index contributed by atoms with van der Waals surface area (Å²) in [6, 6.07) is 11.1. The second-order valence-corrected chi connectivity index (χ2v) is 8.27. The van der Waals surface area contributed by atoms with Gasteiger partial charge in [0.2, 0.25) is 10.0 Å². The van der Waals surface area contributed by atoms with Gasteiger partial charge >= 0.3 is 0 Å². The number of aryl methyl sites for hydroxylation is 2. The van der Waals surface area contributed by atoms with Gasteiger partial charge in [0.15, 0.2) is 0 Å². The zero-order valence-electron chi connectivity index (χ0n) is 15.9. The van der Waals surface area contributed by atoms with E-state index in [0.717, 1.165) is 17.5 Å². The summed E-state index contributed by atoms with van der Waals surface area (Å²) in [4.78, 5) is 12.8. The Morgan fingerprint density at radius 1 is 1.12 bits per heavy atom. The summed E-state index contributed by atoms with van der Waals surface area (Å²) in [7, 11) is -2.27. The third-order valence-corrected chi connectivity index (χ3v) is 6.22. The average molecular weight is 375 g/mol. The predicted molar refractivity (Wildman–Crippen MR) is 104 cm³/mol. The molecule has 0 fully saturated rings. The first kappa shape index (κ1) is 20.1. The summed E-state index contributed by atoms with van der Waals surface area (Å²) in [5, 5.41) is 2.94. The van der Waals surface area contributed by atoms with Gasteiger partial charge < -0.3 is 5.32 Å². The minimum Gasteiger partial charge on any atom is -0.346 e. The van der Waals surface area contributed by atoms with Crippen LogP contribution in [-0.2, 0) is 16.4 Å². The highest BCUT2D eigenvalue weighted by Gasteiger charge is 2.20. The first-order chi connectivity index (χ1) is 12.2. The van der Waals surface area contributed by atoms with Crippen LogP contribution in [0, 0.1) is 13.8 Å². The molecule has 0 aliphatic rings. The van der Waals surface area contributed by atoms with Crippen LogP contribution in [-0.4, -0.2) is 21.4 Å². The number of hydrogen-bond acceptors (Lipinski definition) is 3. The van der Waals surface area contributed by atoms with Crippen LogP contribution < -0.4 is 10.0 Å². The molecule has 5 nitrogen and oxygen atoms in total. The molecule has 2 N–H and O–H groups in total. The maximum Gasteiger partial charge on any atom is 0.251 e. The molecule has 0 bridgehead atoms. The van der Waals surface area contributed by atoms with E-state index in [1.807, 2.05) is 31.2 Å². The number of benzene rings is 2. The Morgan fingerprint density at radius 3 is 2.27 bits per heavy atom. The van der Waals surface area contributed by atoms with Crippen LogP contribution in [0.5, 0.6) is 0 Å².